The van der Waals surface area contributed by atoms with Crippen molar-refractivity contribution in [3.05, 3.63) is 11.6 Å². The van der Waals surface area contributed by atoms with Gasteiger partial charge in [-0.3, -0.25) is 4.79 Å². The highest BCUT2D eigenvalue weighted by Gasteiger charge is 2.64. The minimum atomic E-state index is -1.19. The number of hydrogen-bond acceptors (Lipinski definition) is 5. The zero-order chi connectivity index (χ0) is 24.5. The molecule has 0 aromatic carbocycles. The summed E-state index contributed by atoms with van der Waals surface area (Å²) in [6.45, 7) is 11.1. The van der Waals surface area contributed by atoms with E-state index >= 15 is 0 Å². The van der Waals surface area contributed by atoms with Crippen LogP contribution < -0.4 is 0 Å². The third-order valence-corrected chi connectivity index (χ3v) is 11.4. The molecule has 4 fully saturated rings. The van der Waals surface area contributed by atoms with Crippen molar-refractivity contribution in [1.29, 1.82) is 0 Å². The van der Waals surface area contributed by atoms with E-state index in [0.29, 0.717) is 11.8 Å². The van der Waals surface area contributed by atoms with Crippen LogP contribution in [0, 0.1) is 34.5 Å². The van der Waals surface area contributed by atoms with Gasteiger partial charge >= 0.3 is 11.9 Å². The highest BCUT2D eigenvalue weighted by atomic mass is 16.6. The van der Waals surface area contributed by atoms with Gasteiger partial charge in [-0.25, -0.2) is 4.79 Å². The molecule has 3 saturated carbocycles. The average molecular weight is 472 g/mol. The van der Waals surface area contributed by atoms with E-state index in [4.69, 9.17) is 9.47 Å². The van der Waals surface area contributed by atoms with Gasteiger partial charge < -0.3 is 14.4 Å². The number of carbonyl (C=O) groups excluding carboxylic acids is 2. The highest BCUT2D eigenvalue weighted by molar-refractivity contribution is 5.82. The highest BCUT2D eigenvalue weighted by Crippen LogP contribution is 2.68. The van der Waals surface area contributed by atoms with Gasteiger partial charge in [-0.05, 0) is 107 Å². The van der Waals surface area contributed by atoms with Crippen molar-refractivity contribution in [3.8, 4) is 0 Å². The minimum absolute atomic E-state index is 0.111. The van der Waals surface area contributed by atoms with Crippen LogP contribution in [0.25, 0.3) is 0 Å². The van der Waals surface area contributed by atoms with Crippen LogP contribution in [0.15, 0.2) is 11.6 Å². The fourth-order valence-electron chi connectivity index (χ4n) is 9.38. The molecule has 0 amide bonds. The number of ether oxygens (including phenoxy) is 2. The molecule has 0 aromatic heterocycles. The average Bonchev–Trinajstić information content (AvgIpc) is 3.27. The molecular formula is C29H45NO4. The van der Waals surface area contributed by atoms with Crippen molar-refractivity contribution in [2.75, 3.05) is 13.6 Å². The molecule has 4 aliphatic carbocycles. The lowest BCUT2D eigenvalue weighted by molar-refractivity contribution is -0.185. The summed E-state index contributed by atoms with van der Waals surface area (Å²) in [5.74, 6) is 2.51. The Morgan fingerprint density at radius 2 is 1.88 bits per heavy atom. The van der Waals surface area contributed by atoms with E-state index in [2.05, 4.69) is 31.9 Å². The first-order valence-corrected chi connectivity index (χ1v) is 13.8. The van der Waals surface area contributed by atoms with Gasteiger partial charge in [0, 0.05) is 25.9 Å². The van der Waals surface area contributed by atoms with Gasteiger partial charge in [0.2, 0.25) is 5.60 Å². The van der Waals surface area contributed by atoms with Crippen molar-refractivity contribution < 1.29 is 19.1 Å². The number of allylic oxidation sites excluding steroid dienone is 1. The summed E-state index contributed by atoms with van der Waals surface area (Å²) < 4.78 is 11.3. The number of fused-ring (bicyclic) bond motifs is 4. The molecule has 1 aliphatic heterocycles. The van der Waals surface area contributed by atoms with E-state index in [1.807, 2.05) is 6.92 Å². The third kappa shape index (κ3) is 3.50. The molecule has 0 aromatic rings. The summed E-state index contributed by atoms with van der Waals surface area (Å²) in [6, 6.07) is 0.734. The first-order chi connectivity index (χ1) is 16.0. The van der Waals surface area contributed by atoms with Gasteiger partial charge in [-0.1, -0.05) is 25.5 Å². The Morgan fingerprint density at radius 3 is 2.59 bits per heavy atom. The lowest BCUT2D eigenvalue weighted by Gasteiger charge is -2.58. The molecule has 0 radical (unpaired) electrons. The summed E-state index contributed by atoms with van der Waals surface area (Å²) in [5, 5.41) is 0. The second kappa shape index (κ2) is 8.35. The Bertz CT molecular complexity index is 883. The Labute approximate surface area is 206 Å². The zero-order valence-electron chi connectivity index (χ0n) is 22.2. The van der Waals surface area contributed by atoms with Gasteiger partial charge in [0.25, 0.3) is 0 Å². The predicted molar refractivity (Wildman–Crippen MR) is 132 cm³/mol. The van der Waals surface area contributed by atoms with Crippen molar-refractivity contribution in [1.82, 2.24) is 4.90 Å². The summed E-state index contributed by atoms with van der Waals surface area (Å²) in [4.78, 5) is 27.1. The Balaban J connectivity index is 1.31. The van der Waals surface area contributed by atoms with Crippen molar-refractivity contribution in [2.45, 2.75) is 110 Å². The molecule has 5 aliphatic rings. The largest absolute Gasteiger partial charge is 0.459 e. The molecule has 5 rings (SSSR count). The first kappa shape index (κ1) is 24.3. The maximum Gasteiger partial charge on any atom is 0.350 e. The molecule has 1 heterocycles. The van der Waals surface area contributed by atoms with E-state index in [9.17, 15) is 9.59 Å². The summed E-state index contributed by atoms with van der Waals surface area (Å²) in [5.41, 5.74) is 1.13. The van der Waals surface area contributed by atoms with E-state index in [1.165, 1.54) is 51.1 Å². The Hall–Kier alpha value is -1.36. The molecule has 190 valence electrons. The molecular weight excluding hydrogens is 426 g/mol. The quantitative estimate of drug-likeness (QED) is 0.399. The van der Waals surface area contributed by atoms with Crippen molar-refractivity contribution >= 4 is 11.9 Å². The summed E-state index contributed by atoms with van der Waals surface area (Å²) in [7, 11) is 2.34. The fourth-order valence-corrected chi connectivity index (χ4v) is 9.38. The smallest absolute Gasteiger partial charge is 0.350 e. The van der Waals surface area contributed by atoms with Gasteiger partial charge in [0.1, 0.15) is 6.10 Å². The van der Waals surface area contributed by atoms with Crippen molar-refractivity contribution in [2.24, 2.45) is 34.5 Å². The number of hydrogen-bond donors (Lipinski definition) is 0. The van der Waals surface area contributed by atoms with Gasteiger partial charge in [0.15, 0.2) is 0 Å². The zero-order valence-corrected chi connectivity index (χ0v) is 22.2. The number of esters is 2. The van der Waals surface area contributed by atoms with Crippen LogP contribution >= 0.6 is 0 Å². The lowest BCUT2D eigenvalue weighted by Crippen LogP contribution is -2.52. The topological polar surface area (TPSA) is 55.8 Å². The van der Waals surface area contributed by atoms with Gasteiger partial charge in [-0.15, -0.1) is 0 Å². The maximum absolute atomic E-state index is 12.9. The third-order valence-electron chi connectivity index (χ3n) is 11.4. The summed E-state index contributed by atoms with van der Waals surface area (Å²) >= 11 is 0. The van der Waals surface area contributed by atoms with Crippen molar-refractivity contribution in [3.63, 3.8) is 0 Å². The fraction of sp³-hybridized carbons (Fsp3) is 0.862. The standard InChI is InChI=1S/C29H45NO4/c1-7-28(5,34-19(3)31)26(32)33-21-12-14-27(4)20(16-21)8-9-22-24(27)13-15-29-17-30(6)18(2)23(29)10-11-25(22)29/h8,18,21-25H,7,9-17H2,1-6H3. The SMILES string of the molecule is CCC(C)(OC(C)=O)C(=O)OC1CCC2(C)C(=CCC3C2CCC24CN(C)C(C)C2CCC34)C1. The minimum Gasteiger partial charge on any atom is -0.459 e. The monoisotopic (exact) mass is 471 g/mol. The van der Waals surface area contributed by atoms with Crippen LogP contribution in [-0.2, 0) is 19.1 Å². The number of likely N-dealkylation sites (tertiary alicyclic amines) is 1. The van der Waals surface area contributed by atoms with Gasteiger partial charge in [0.05, 0.1) is 0 Å². The van der Waals surface area contributed by atoms with E-state index in [1.54, 1.807) is 6.92 Å². The molecule has 5 heteroatoms. The van der Waals surface area contributed by atoms with E-state index in [0.717, 1.165) is 49.0 Å². The molecule has 5 nitrogen and oxygen atoms in total. The van der Waals surface area contributed by atoms with E-state index < -0.39 is 17.5 Å². The molecule has 1 saturated heterocycles. The van der Waals surface area contributed by atoms with Crippen LogP contribution in [0.5, 0.6) is 0 Å². The second-order valence-corrected chi connectivity index (χ2v) is 12.8. The number of carbonyl (C=O) groups is 2. The van der Waals surface area contributed by atoms with E-state index in [-0.39, 0.29) is 11.5 Å². The first-order valence-electron chi connectivity index (χ1n) is 13.8. The lowest BCUT2D eigenvalue weighted by atomic mass is 9.47. The Kier molecular flexibility index (Phi) is 5.98. The molecule has 9 atom stereocenters. The Morgan fingerprint density at radius 1 is 1.15 bits per heavy atom. The molecule has 0 bridgehead atoms. The van der Waals surface area contributed by atoms with Crippen LogP contribution in [0.1, 0.15) is 92.4 Å². The van der Waals surface area contributed by atoms with Crippen LogP contribution in [0.3, 0.4) is 0 Å². The maximum atomic E-state index is 12.9. The molecule has 1 spiro atoms. The second-order valence-electron chi connectivity index (χ2n) is 12.8. The van der Waals surface area contributed by atoms with Crippen LogP contribution in [0.4, 0.5) is 0 Å². The number of nitrogens with zero attached hydrogens (tertiary/aromatic N) is 1. The molecule has 34 heavy (non-hydrogen) atoms. The van der Waals surface area contributed by atoms with Crippen LogP contribution in [0.2, 0.25) is 0 Å². The molecule has 0 N–H and O–H groups in total. The predicted octanol–water partition coefficient (Wildman–Crippen LogP) is 5.52. The summed E-state index contributed by atoms with van der Waals surface area (Å²) in [6.07, 6.45) is 12.5. The number of rotatable bonds is 4. The van der Waals surface area contributed by atoms with Crippen LogP contribution in [-0.4, -0.2) is 48.2 Å². The molecule has 9 unspecified atom stereocenters. The normalized spacial score (nSPS) is 45.2. The van der Waals surface area contributed by atoms with Gasteiger partial charge in [-0.2, -0.15) is 0 Å².